The predicted molar refractivity (Wildman–Crippen MR) is 81.4 cm³/mol. The molecule has 0 bridgehead atoms. The summed E-state index contributed by atoms with van der Waals surface area (Å²) in [6.07, 6.45) is -0.431. The first kappa shape index (κ1) is 15.3. The van der Waals surface area contributed by atoms with Crippen LogP contribution in [0.25, 0.3) is 0 Å². The maximum atomic E-state index is 10.1. The van der Waals surface area contributed by atoms with E-state index in [-0.39, 0.29) is 0 Å². The molecule has 1 aromatic carbocycles. The number of aliphatic hydroxyl groups excluding tert-OH is 1. The fraction of sp³-hybridized carbons (Fsp3) is 0.625. The molecule has 1 aromatic rings. The molecule has 0 aliphatic carbocycles. The maximum Gasteiger partial charge on any atom is 0.122 e. The van der Waals surface area contributed by atoms with Crippen molar-refractivity contribution in [2.24, 2.45) is 0 Å². The maximum absolute atomic E-state index is 10.1. The summed E-state index contributed by atoms with van der Waals surface area (Å²) in [5, 5.41) is 10.1. The fourth-order valence-electron chi connectivity index (χ4n) is 2.53. The molecule has 0 saturated carbocycles. The van der Waals surface area contributed by atoms with Gasteiger partial charge in [-0.2, -0.15) is 0 Å². The van der Waals surface area contributed by atoms with Gasteiger partial charge < -0.3 is 14.7 Å². The molecule has 4 heteroatoms. The summed E-state index contributed by atoms with van der Waals surface area (Å²) in [5.41, 5.74) is 2.35. The van der Waals surface area contributed by atoms with Crippen LogP contribution in [-0.2, 0) is 0 Å². The monoisotopic (exact) mass is 278 g/mol. The van der Waals surface area contributed by atoms with E-state index in [1.807, 2.05) is 19.1 Å². The van der Waals surface area contributed by atoms with E-state index in [2.05, 4.69) is 29.8 Å². The highest BCUT2D eigenvalue weighted by Crippen LogP contribution is 2.18. The van der Waals surface area contributed by atoms with Gasteiger partial charge in [-0.15, -0.1) is 0 Å². The Labute approximate surface area is 122 Å². The van der Waals surface area contributed by atoms with Crippen LogP contribution in [0.2, 0.25) is 0 Å². The van der Waals surface area contributed by atoms with Gasteiger partial charge in [-0.1, -0.05) is 17.7 Å². The molecule has 20 heavy (non-hydrogen) atoms. The van der Waals surface area contributed by atoms with Gasteiger partial charge in [-0.3, -0.25) is 4.90 Å². The van der Waals surface area contributed by atoms with Crippen molar-refractivity contribution in [2.75, 3.05) is 46.4 Å². The topological polar surface area (TPSA) is 35.9 Å². The molecule has 0 aromatic heterocycles. The molecule has 1 fully saturated rings. The number of ether oxygens (including phenoxy) is 1. The van der Waals surface area contributed by atoms with Gasteiger partial charge in [0.1, 0.15) is 18.5 Å². The molecular formula is C16H26N2O2. The lowest BCUT2D eigenvalue weighted by Gasteiger charge is -2.33. The van der Waals surface area contributed by atoms with E-state index in [4.69, 9.17) is 4.74 Å². The summed E-state index contributed by atoms with van der Waals surface area (Å²) >= 11 is 0. The molecule has 4 nitrogen and oxygen atoms in total. The van der Waals surface area contributed by atoms with Gasteiger partial charge >= 0.3 is 0 Å². The normalized spacial score (nSPS) is 19.0. The Morgan fingerprint density at radius 3 is 2.55 bits per heavy atom. The Bertz CT molecular complexity index is 428. The largest absolute Gasteiger partial charge is 0.491 e. The molecular weight excluding hydrogens is 252 g/mol. The first-order chi connectivity index (χ1) is 9.54. The van der Waals surface area contributed by atoms with Gasteiger partial charge in [0.25, 0.3) is 0 Å². The minimum atomic E-state index is -0.431. The number of aliphatic hydroxyl groups is 1. The number of hydrogen-bond donors (Lipinski definition) is 1. The molecule has 1 heterocycles. The molecule has 0 spiro atoms. The highest BCUT2D eigenvalue weighted by atomic mass is 16.5. The molecule has 0 unspecified atom stereocenters. The van der Waals surface area contributed by atoms with Crippen molar-refractivity contribution < 1.29 is 9.84 Å². The zero-order valence-corrected chi connectivity index (χ0v) is 12.8. The molecule has 0 amide bonds. The molecule has 1 saturated heterocycles. The quantitative estimate of drug-likeness (QED) is 0.880. The van der Waals surface area contributed by atoms with E-state index in [0.29, 0.717) is 13.2 Å². The van der Waals surface area contributed by atoms with E-state index in [0.717, 1.165) is 37.5 Å². The van der Waals surface area contributed by atoms with Crippen LogP contribution >= 0.6 is 0 Å². The summed E-state index contributed by atoms with van der Waals surface area (Å²) in [7, 11) is 2.14. The first-order valence-corrected chi connectivity index (χ1v) is 7.33. The number of likely N-dealkylation sites (N-methyl/N-ethyl adjacent to an activating group) is 1. The minimum absolute atomic E-state index is 0.357. The number of β-amino-alcohol motifs (C(OH)–C–C–N with tert-alkyl or cyclic N) is 1. The Balaban J connectivity index is 1.76. The number of piperazine rings is 1. The summed E-state index contributed by atoms with van der Waals surface area (Å²) in [6.45, 7) is 9.35. The van der Waals surface area contributed by atoms with Crippen molar-refractivity contribution in [3.63, 3.8) is 0 Å². The fourth-order valence-corrected chi connectivity index (χ4v) is 2.53. The summed E-state index contributed by atoms with van der Waals surface area (Å²) in [6, 6.07) is 6.12. The Hall–Kier alpha value is -1.10. The van der Waals surface area contributed by atoms with Gasteiger partial charge in [0.05, 0.1) is 0 Å². The van der Waals surface area contributed by atoms with Crippen molar-refractivity contribution in [3.8, 4) is 5.75 Å². The van der Waals surface area contributed by atoms with Crippen LogP contribution in [0.1, 0.15) is 11.1 Å². The zero-order chi connectivity index (χ0) is 14.5. The first-order valence-electron chi connectivity index (χ1n) is 7.33. The van der Waals surface area contributed by atoms with E-state index in [1.165, 1.54) is 5.56 Å². The standard InChI is InChI=1S/C16H26N2O2/c1-13-4-5-16(14(2)10-13)20-12-15(19)11-18-8-6-17(3)7-9-18/h4-5,10,15,19H,6-9,11-12H2,1-3H3/t15-/m1/s1. The lowest BCUT2D eigenvalue weighted by molar-refractivity contribution is 0.0503. The number of aryl methyl sites for hydroxylation is 2. The predicted octanol–water partition coefficient (Wildman–Crippen LogP) is 1.29. The van der Waals surface area contributed by atoms with Crippen LogP contribution < -0.4 is 4.74 Å². The highest BCUT2D eigenvalue weighted by Gasteiger charge is 2.17. The van der Waals surface area contributed by atoms with Crippen molar-refractivity contribution in [2.45, 2.75) is 20.0 Å². The third kappa shape index (κ3) is 4.47. The van der Waals surface area contributed by atoms with Crippen LogP contribution in [-0.4, -0.2) is 67.4 Å². The van der Waals surface area contributed by atoms with Gasteiger partial charge in [0.15, 0.2) is 0 Å². The Morgan fingerprint density at radius 2 is 1.90 bits per heavy atom. The van der Waals surface area contributed by atoms with E-state index in [1.54, 1.807) is 0 Å². The molecule has 1 aliphatic rings. The molecule has 0 radical (unpaired) electrons. The molecule has 2 rings (SSSR count). The SMILES string of the molecule is Cc1ccc(OC[C@H](O)CN2CCN(C)CC2)c(C)c1. The zero-order valence-electron chi connectivity index (χ0n) is 12.8. The lowest BCUT2D eigenvalue weighted by atomic mass is 10.1. The van der Waals surface area contributed by atoms with Crippen LogP contribution in [0, 0.1) is 13.8 Å². The molecule has 1 atom stereocenters. The van der Waals surface area contributed by atoms with E-state index >= 15 is 0 Å². The number of nitrogens with zero attached hydrogens (tertiary/aromatic N) is 2. The van der Waals surface area contributed by atoms with Crippen molar-refractivity contribution in [1.29, 1.82) is 0 Å². The molecule has 1 aliphatic heterocycles. The van der Waals surface area contributed by atoms with Crippen LogP contribution in [0.4, 0.5) is 0 Å². The van der Waals surface area contributed by atoms with Gasteiger partial charge in [0, 0.05) is 32.7 Å². The van der Waals surface area contributed by atoms with Gasteiger partial charge in [-0.05, 0) is 32.5 Å². The molecule has 1 N–H and O–H groups in total. The second-order valence-corrected chi connectivity index (χ2v) is 5.84. The lowest BCUT2D eigenvalue weighted by Crippen LogP contribution is -2.47. The minimum Gasteiger partial charge on any atom is -0.491 e. The van der Waals surface area contributed by atoms with Crippen LogP contribution in [0.15, 0.2) is 18.2 Å². The number of hydrogen-bond acceptors (Lipinski definition) is 4. The van der Waals surface area contributed by atoms with E-state index < -0.39 is 6.10 Å². The van der Waals surface area contributed by atoms with Gasteiger partial charge in [0.2, 0.25) is 0 Å². The smallest absolute Gasteiger partial charge is 0.122 e. The van der Waals surface area contributed by atoms with Crippen LogP contribution in [0.5, 0.6) is 5.75 Å². The van der Waals surface area contributed by atoms with E-state index in [9.17, 15) is 5.11 Å². The van der Waals surface area contributed by atoms with Crippen molar-refractivity contribution in [3.05, 3.63) is 29.3 Å². The van der Waals surface area contributed by atoms with Crippen molar-refractivity contribution >= 4 is 0 Å². The second kappa shape index (κ2) is 7.07. The second-order valence-electron chi connectivity index (χ2n) is 5.84. The third-order valence-electron chi connectivity index (χ3n) is 3.83. The summed E-state index contributed by atoms with van der Waals surface area (Å²) in [4.78, 5) is 4.62. The summed E-state index contributed by atoms with van der Waals surface area (Å²) in [5.74, 6) is 0.869. The highest BCUT2D eigenvalue weighted by molar-refractivity contribution is 5.35. The van der Waals surface area contributed by atoms with Gasteiger partial charge in [-0.25, -0.2) is 0 Å². The van der Waals surface area contributed by atoms with Crippen LogP contribution in [0.3, 0.4) is 0 Å². The average molecular weight is 278 g/mol. The average Bonchev–Trinajstić information content (AvgIpc) is 2.40. The molecule has 112 valence electrons. The number of benzene rings is 1. The van der Waals surface area contributed by atoms with Crippen molar-refractivity contribution in [1.82, 2.24) is 9.80 Å². The Morgan fingerprint density at radius 1 is 1.20 bits per heavy atom. The number of rotatable bonds is 5. The summed E-state index contributed by atoms with van der Waals surface area (Å²) < 4.78 is 5.73. The Kier molecular flexibility index (Phi) is 5.40. The third-order valence-corrected chi connectivity index (χ3v) is 3.83.